The molecule has 4 heteroatoms. The van der Waals surface area contributed by atoms with Crippen LogP contribution in [0.25, 0.3) is 0 Å². The predicted octanol–water partition coefficient (Wildman–Crippen LogP) is 1.98. The predicted molar refractivity (Wildman–Crippen MR) is 74.5 cm³/mol. The topological polar surface area (TPSA) is 55.0 Å². The van der Waals surface area contributed by atoms with E-state index in [1.165, 1.54) is 12.8 Å². The summed E-state index contributed by atoms with van der Waals surface area (Å²) in [6, 6.07) is 2.38. The second-order valence-corrected chi connectivity index (χ2v) is 5.45. The molecule has 1 aromatic heterocycles. The molecule has 0 radical (unpaired) electrons. The first-order chi connectivity index (χ1) is 8.61. The molecule has 4 nitrogen and oxygen atoms in total. The van der Waals surface area contributed by atoms with Gasteiger partial charge in [0.2, 0.25) is 0 Å². The van der Waals surface area contributed by atoms with Crippen LogP contribution in [0.4, 0.5) is 5.82 Å². The summed E-state index contributed by atoms with van der Waals surface area (Å²) in [6.45, 7) is 8.41. The van der Waals surface area contributed by atoms with Crippen LogP contribution < -0.4 is 10.6 Å². The average molecular weight is 248 g/mol. The van der Waals surface area contributed by atoms with E-state index in [2.05, 4.69) is 28.7 Å². The first-order valence-electron chi connectivity index (χ1n) is 6.91. The maximum Gasteiger partial charge on any atom is 0.132 e. The Bertz CT molecular complexity index is 393. The van der Waals surface area contributed by atoms with Crippen molar-refractivity contribution in [2.75, 3.05) is 18.0 Å². The minimum Gasteiger partial charge on any atom is -0.356 e. The molecule has 1 aliphatic carbocycles. The van der Waals surface area contributed by atoms with Gasteiger partial charge < -0.3 is 10.6 Å². The summed E-state index contributed by atoms with van der Waals surface area (Å²) >= 11 is 0. The van der Waals surface area contributed by atoms with Gasteiger partial charge in [-0.25, -0.2) is 9.97 Å². The summed E-state index contributed by atoms with van der Waals surface area (Å²) in [4.78, 5) is 10.8. The molecule has 1 fully saturated rings. The second kappa shape index (κ2) is 5.65. The normalized spacial score (nSPS) is 27.4. The molecule has 1 saturated carbocycles. The van der Waals surface area contributed by atoms with E-state index in [9.17, 15) is 0 Å². The van der Waals surface area contributed by atoms with Gasteiger partial charge in [-0.05, 0) is 38.5 Å². The third-order valence-corrected chi connectivity index (χ3v) is 4.14. The van der Waals surface area contributed by atoms with Crippen LogP contribution in [-0.2, 0) is 0 Å². The first-order valence-corrected chi connectivity index (χ1v) is 6.91. The highest BCUT2D eigenvalue weighted by Gasteiger charge is 2.31. The maximum absolute atomic E-state index is 6.27. The SMILES string of the molecule is CCN(C[C@@H]1CC[C@H](C)[C@H]1N)c1cc(C)ncn1. The van der Waals surface area contributed by atoms with Crippen LogP contribution in [0.15, 0.2) is 12.4 Å². The van der Waals surface area contributed by atoms with Crippen molar-refractivity contribution in [2.45, 2.75) is 39.7 Å². The van der Waals surface area contributed by atoms with Crippen molar-refractivity contribution >= 4 is 5.82 Å². The Balaban J connectivity index is 2.06. The van der Waals surface area contributed by atoms with E-state index in [-0.39, 0.29) is 0 Å². The molecule has 0 aromatic carbocycles. The highest BCUT2D eigenvalue weighted by molar-refractivity contribution is 5.38. The van der Waals surface area contributed by atoms with E-state index in [0.717, 1.165) is 24.6 Å². The molecule has 2 N–H and O–H groups in total. The third kappa shape index (κ3) is 2.80. The zero-order valence-corrected chi connectivity index (χ0v) is 11.6. The molecule has 2 rings (SSSR count). The van der Waals surface area contributed by atoms with Crippen molar-refractivity contribution in [1.29, 1.82) is 0 Å². The number of hydrogen-bond acceptors (Lipinski definition) is 4. The Morgan fingerprint density at radius 2 is 2.17 bits per heavy atom. The molecule has 0 saturated heterocycles. The number of nitrogens with zero attached hydrogens (tertiary/aromatic N) is 3. The second-order valence-electron chi connectivity index (χ2n) is 5.45. The summed E-state index contributed by atoms with van der Waals surface area (Å²) in [5, 5.41) is 0. The molecule has 0 unspecified atom stereocenters. The molecular weight excluding hydrogens is 224 g/mol. The molecule has 1 aromatic rings. The molecule has 3 atom stereocenters. The van der Waals surface area contributed by atoms with Gasteiger partial charge in [0.25, 0.3) is 0 Å². The summed E-state index contributed by atoms with van der Waals surface area (Å²) in [5.74, 6) is 2.27. The number of rotatable bonds is 4. The van der Waals surface area contributed by atoms with Gasteiger partial charge in [0.15, 0.2) is 0 Å². The van der Waals surface area contributed by atoms with Crippen molar-refractivity contribution in [1.82, 2.24) is 9.97 Å². The standard InChI is InChI=1S/C14H24N4/c1-4-18(13-7-11(3)16-9-17-13)8-12-6-5-10(2)14(12)15/h7,9-10,12,14H,4-6,8,15H2,1-3H3/t10-,12-,14+/m0/s1. The van der Waals surface area contributed by atoms with Crippen LogP contribution in [0, 0.1) is 18.8 Å². The van der Waals surface area contributed by atoms with Crippen molar-refractivity contribution in [2.24, 2.45) is 17.6 Å². The average Bonchev–Trinajstić information content (AvgIpc) is 2.67. The molecule has 100 valence electrons. The van der Waals surface area contributed by atoms with Crippen LogP contribution in [0.1, 0.15) is 32.4 Å². The van der Waals surface area contributed by atoms with E-state index in [4.69, 9.17) is 5.73 Å². The number of hydrogen-bond donors (Lipinski definition) is 1. The van der Waals surface area contributed by atoms with E-state index in [1.54, 1.807) is 6.33 Å². The zero-order chi connectivity index (χ0) is 13.1. The number of nitrogens with two attached hydrogens (primary N) is 1. The summed E-state index contributed by atoms with van der Waals surface area (Å²) in [5.41, 5.74) is 7.29. The van der Waals surface area contributed by atoms with Crippen LogP contribution in [-0.4, -0.2) is 29.1 Å². The van der Waals surface area contributed by atoms with Gasteiger partial charge in [-0.15, -0.1) is 0 Å². The molecule has 0 aliphatic heterocycles. The van der Waals surface area contributed by atoms with E-state index in [0.29, 0.717) is 17.9 Å². The van der Waals surface area contributed by atoms with Crippen LogP contribution in [0.2, 0.25) is 0 Å². The molecule has 18 heavy (non-hydrogen) atoms. The number of aromatic nitrogens is 2. The smallest absolute Gasteiger partial charge is 0.132 e. The summed E-state index contributed by atoms with van der Waals surface area (Å²) < 4.78 is 0. The van der Waals surface area contributed by atoms with Crippen LogP contribution >= 0.6 is 0 Å². The van der Waals surface area contributed by atoms with Gasteiger partial charge >= 0.3 is 0 Å². The lowest BCUT2D eigenvalue weighted by molar-refractivity contribution is 0.426. The maximum atomic E-state index is 6.27. The first kappa shape index (κ1) is 13.3. The number of aryl methyl sites for hydroxylation is 1. The van der Waals surface area contributed by atoms with Crippen molar-refractivity contribution < 1.29 is 0 Å². The van der Waals surface area contributed by atoms with E-state index in [1.807, 2.05) is 13.0 Å². The zero-order valence-electron chi connectivity index (χ0n) is 11.6. The van der Waals surface area contributed by atoms with Crippen molar-refractivity contribution in [3.8, 4) is 0 Å². The Morgan fingerprint density at radius 1 is 1.39 bits per heavy atom. The highest BCUT2D eigenvalue weighted by atomic mass is 15.2. The summed E-state index contributed by atoms with van der Waals surface area (Å²) in [6.07, 6.45) is 4.14. The molecular formula is C14H24N4. The monoisotopic (exact) mass is 248 g/mol. The Kier molecular flexibility index (Phi) is 4.17. The quantitative estimate of drug-likeness (QED) is 0.885. The fraction of sp³-hybridized carbons (Fsp3) is 0.714. The minimum absolute atomic E-state index is 0.335. The van der Waals surface area contributed by atoms with Gasteiger partial charge in [0, 0.05) is 30.9 Å². The van der Waals surface area contributed by atoms with E-state index < -0.39 is 0 Å². The third-order valence-electron chi connectivity index (χ3n) is 4.14. The number of anilines is 1. The van der Waals surface area contributed by atoms with Crippen molar-refractivity contribution in [3.05, 3.63) is 18.1 Å². The Labute approximate surface area is 110 Å². The van der Waals surface area contributed by atoms with Gasteiger partial charge in [0.05, 0.1) is 0 Å². The lowest BCUT2D eigenvalue weighted by Crippen LogP contribution is -2.38. The molecule has 1 heterocycles. The molecule has 1 aliphatic rings. The van der Waals surface area contributed by atoms with Gasteiger partial charge in [0.1, 0.15) is 12.1 Å². The van der Waals surface area contributed by atoms with Crippen LogP contribution in [0.3, 0.4) is 0 Å². The van der Waals surface area contributed by atoms with E-state index >= 15 is 0 Å². The Hall–Kier alpha value is -1.16. The lowest BCUT2D eigenvalue weighted by Gasteiger charge is -2.28. The van der Waals surface area contributed by atoms with Crippen LogP contribution in [0.5, 0.6) is 0 Å². The summed E-state index contributed by atoms with van der Waals surface area (Å²) in [7, 11) is 0. The van der Waals surface area contributed by atoms with Crippen molar-refractivity contribution in [3.63, 3.8) is 0 Å². The fourth-order valence-corrected chi connectivity index (χ4v) is 2.82. The molecule has 0 spiro atoms. The van der Waals surface area contributed by atoms with Gasteiger partial charge in [-0.3, -0.25) is 0 Å². The lowest BCUT2D eigenvalue weighted by atomic mass is 9.99. The highest BCUT2D eigenvalue weighted by Crippen LogP contribution is 2.30. The molecule has 0 amide bonds. The molecule has 0 bridgehead atoms. The fourth-order valence-electron chi connectivity index (χ4n) is 2.82. The minimum atomic E-state index is 0.335. The Morgan fingerprint density at radius 3 is 2.72 bits per heavy atom. The largest absolute Gasteiger partial charge is 0.356 e. The van der Waals surface area contributed by atoms with Gasteiger partial charge in [-0.2, -0.15) is 0 Å². The van der Waals surface area contributed by atoms with Gasteiger partial charge in [-0.1, -0.05) is 6.92 Å².